The fourth-order valence-corrected chi connectivity index (χ4v) is 12.0. The molecule has 3 heterocycles. The maximum atomic E-state index is 5.18. The Morgan fingerprint density at radius 2 is 1.32 bits per heavy atom. The first-order chi connectivity index (χ1) is 18.3. The van der Waals surface area contributed by atoms with Crippen LogP contribution in [-0.4, -0.2) is 22.4 Å². The number of para-hydroxylation sites is 3. The van der Waals surface area contributed by atoms with E-state index < -0.39 is 8.24 Å². The molecule has 0 aliphatic carbocycles. The molecule has 0 saturated heterocycles. The van der Waals surface area contributed by atoms with Crippen LogP contribution < -0.4 is 15.6 Å². The minimum Gasteiger partial charge on any atom is -0.339 e. The average Bonchev–Trinajstić information content (AvgIpc) is 3.64. The monoisotopic (exact) mass is 507 g/mol. The molecule has 7 aromatic rings. The van der Waals surface area contributed by atoms with Gasteiger partial charge in [-0.3, -0.25) is 0 Å². The van der Waals surface area contributed by atoms with Gasteiger partial charge in [-0.1, -0.05) is 103 Å². The highest BCUT2D eigenvalue weighted by molar-refractivity contribution is 7.21. The van der Waals surface area contributed by atoms with E-state index in [-0.39, 0.29) is 0 Å². The first kappa shape index (κ1) is 20.8. The zero-order chi connectivity index (χ0) is 24.4. The summed E-state index contributed by atoms with van der Waals surface area (Å²) in [6.45, 7) is 0. The third-order valence-electron chi connectivity index (χ3n) is 7.47. The smallest absolute Gasteiger partial charge is 0.259 e. The normalized spacial score (nSPS) is 16.2. The molecule has 0 radical (unpaired) electrons. The molecule has 0 N–H and O–H groups in total. The Balaban J connectivity index is 1.48. The van der Waals surface area contributed by atoms with E-state index in [4.69, 9.17) is 9.97 Å². The molecular formula is C32H21N3SSi. The van der Waals surface area contributed by atoms with Crippen molar-refractivity contribution in [1.82, 2.24) is 14.2 Å². The number of hydrogen-bond acceptors (Lipinski definition) is 3. The van der Waals surface area contributed by atoms with Crippen molar-refractivity contribution in [3.63, 3.8) is 0 Å². The van der Waals surface area contributed by atoms with Crippen LogP contribution in [0.1, 0.15) is 0 Å². The summed E-state index contributed by atoms with van der Waals surface area (Å²) in [6.07, 6.45) is 0. The molecule has 0 spiro atoms. The minimum atomic E-state index is -2.71. The van der Waals surface area contributed by atoms with Crippen molar-refractivity contribution in [1.29, 1.82) is 0 Å². The standard InChI is InChI=1S/C32H21N3SSi/c1-2-12-23(13-3-1)37(24-14-10-11-22(21-24)32-34-27-17-6-8-19-29(27)36-32)30-20-9-4-15-25(30)31-33-26-16-5-7-18-28(26)35(31)37/h1-21H. The molecule has 1 unspecified atom stereocenters. The number of benzene rings is 5. The highest BCUT2D eigenvalue weighted by atomic mass is 32.1. The maximum absolute atomic E-state index is 5.18. The van der Waals surface area contributed by atoms with Crippen LogP contribution in [0.3, 0.4) is 0 Å². The zero-order valence-electron chi connectivity index (χ0n) is 19.9. The molecule has 1 aliphatic heterocycles. The van der Waals surface area contributed by atoms with E-state index in [1.54, 1.807) is 11.3 Å². The number of nitrogens with zero attached hydrogens (tertiary/aromatic N) is 3. The molecule has 0 bridgehead atoms. The third kappa shape index (κ3) is 2.87. The lowest BCUT2D eigenvalue weighted by molar-refractivity contribution is 1.23. The molecule has 0 amide bonds. The zero-order valence-corrected chi connectivity index (χ0v) is 21.7. The van der Waals surface area contributed by atoms with Crippen LogP contribution in [0.5, 0.6) is 0 Å². The fourth-order valence-electron chi connectivity index (χ4n) is 5.95. The average molecular weight is 508 g/mol. The predicted octanol–water partition coefficient (Wildman–Crippen LogP) is 5.81. The lowest BCUT2D eigenvalue weighted by Crippen LogP contribution is -2.70. The summed E-state index contributed by atoms with van der Waals surface area (Å²) in [5.74, 6) is 1.07. The van der Waals surface area contributed by atoms with Gasteiger partial charge in [-0.2, -0.15) is 0 Å². The number of fused-ring (bicyclic) bond motifs is 6. The van der Waals surface area contributed by atoms with E-state index in [1.165, 1.54) is 31.3 Å². The van der Waals surface area contributed by atoms with Crippen LogP contribution in [0.15, 0.2) is 127 Å². The van der Waals surface area contributed by atoms with Crippen molar-refractivity contribution in [3.05, 3.63) is 127 Å². The van der Waals surface area contributed by atoms with Gasteiger partial charge in [0.15, 0.2) is 0 Å². The van der Waals surface area contributed by atoms with Gasteiger partial charge in [0.2, 0.25) is 0 Å². The molecule has 0 saturated carbocycles. The number of rotatable bonds is 3. The molecule has 37 heavy (non-hydrogen) atoms. The van der Waals surface area contributed by atoms with Gasteiger partial charge in [-0.05, 0) is 39.8 Å². The second kappa shape index (κ2) is 7.84. The van der Waals surface area contributed by atoms with Crippen molar-refractivity contribution in [2.45, 2.75) is 0 Å². The molecule has 5 heteroatoms. The summed E-state index contributed by atoms with van der Waals surface area (Å²) in [5.41, 5.74) is 5.69. The first-order valence-corrected chi connectivity index (χ1v) is 15.2. The molecule has 8 rings (SSSR count). The molecule has 174 valence electrons. The Morgan fingerprint density at radius 3 is 2.22 bits per heavy atom. The number of thiazole rings is 1. The highest BCUT2D eigenvalue weighted by Crippen LogP contribution is 2.35. The van der Waals surface area contributed by atoms with Crippen LogP contribution in [0.4, 0.5) is 0 Å². The Kier molecular flexibility index (Phi) is 4.41. The predicted molar refractivity (Wildman–Crippen MR) is 157 cm³/mol. The van der Waals surface area contributed by atoms with Gasteiger partial charge < -0.3 is 4.23 Å². The quantitative estimate of drug-likeness (QED) is 0.283. The maximum Gasteiger partial charge on any atom is 0.259 e. The second-order valence-corrected chi connectivity index (χ2v) is 14.0. The molecular weight excluding hydrogens is 487 g/mol. The first-order valence-electron chi connectivity index (χ1n) is 12.4. The molecule has 3 nitrogen and oxygen atoms in total. The molecule has 0 fully saturated rings. The lowest BCUT2D eigenvalue weighted by Gasteiger charge is -2.32. The number of hydrogen-bond donors (Lipinski definition) is 0. The largest absolute Gasteiger partial charge is 0.339 e. The van der Waals surface area contributed by atoms with Crippen molar-refractivity contribution >= 4 is 56.4 Å². The summed E-state index contributed by atoms with van der Waals surface area (Å²) < 4.78 is 3.80. The van der Waals surface area contributed by atoms with E-state index in [0.717, 1.165) is 27.4 Å². The van der Waals surface area contributed by atoms with Gasteiger partial charge in [0.1, 0.15) is 10.8 Å². The molecule has 2 aromatic heterocycles. The van der Waals surface area contributed by atoms with Crippen LogP contribution in [0.25, 0.3) is 43.2 Å². The van der Waals surface area contributed by atoms with Crippen molar-refractivity contribution < 1.29 is 0 Å². The highest BCUT2D eigenvalue weighted by Gasteiger charge is 2.50. The van der Waals surface area contributed by atoms with E-state index in [9.17, 15) is 0 Å². The van der Waals surface area contributed by atoms with Gasteiger partial charge in [0.25, 0.3) is 8.24 Å². The van der Waals surface area contributed by atoms with E-state index >= 15 is 0 Å². The van der Waals surface area contributed by atoms with Crippen molar-refractivity contribution in [2.75, 3.05) is 0 Å². The lowest BCUT2D eigenvalue weighted by atomic mass is 10.2. The van der Waals surface area contributed by atoms with Crippen LogP contribution >= 0.6 is 11.3 Å². The van der Waals surface area contributed by atoms with Crippen molar-refractivity contribution in [2.24, 2.45) is 0 Å². The summed E-state index contributed by atoms with van der Waals surface area (Å²) in [7, 11) is -2.71. The molecule has 1 atom stereocenters. The van der Waals surface area contributed by atoms with E-state index in [1.807, 2.05) is 0 Å². The fraction of sp³-hybridized carbons (Fsp3) is 0. The van der Waals surface area contributed by atoms with Gasteiger partial charge in [0.05, 0.1) is 21.3 Å². The second-order valence-electron chi connectivity index (χ2n) is 9.45. The van der Waals surface area contributed by atoms with Gasteiger partial charge in [-0.15, -0.1) is 11.3 Å². The molecule has 1 aliphatic rings. The number of aromatic nitrogens is 3. The summed E-state index contributed by atoms with van der Waals surface area (Å²) in [4.78, 5) is 10.2. The number of imidazole rings is 1. The van der Waals surface area contributed by atoms with Gasteiger partial charge >= 0.3 is 0 Å². The van der Waals surface area contributed by atoms with E-state index in [2.05, 4.69) is 132 Å². The Morgan fingerprint density at radius 1 is 0.595 bits per heavy atom. The summed E-state index contributed by atoms with van der Waals surface area (Å²) in [5, 5.41) is 5.13. The molecule has 5 aromatic carbocycles. The summed E-state index contributed by atoms with van der Waals surface area (Å²) >= 11 is 1.76. The van der Waals surface area contributed by atoms with Gasteiger partial charge in [0, 0.05) is 11.1 Å². The van der Waals surface area contributed by atoms with Crippen molar-refractivity contribution in [3.8, 4) is 22.0 Å². The Labute approximate surface area is 219 Å². The minimum absolute atomic E-state index is 1.04. The van der Waals surface area contributed by atoms with Crippen LogP contribution in [-0.2, 0) is 0 Å². The van der Waals surface area contributed by atoms with Gasteiger partial charge in [-0.25, -0.2) is 9.97 Å². The third-order valence-corrected chi connectivity index (χ3v) is 13.2. The summed E-state index contributed by atoms with van der Waals surface area (Å²) in [6, 6.07) is 46.0. The topological polar surface area (TPSA) is 30.7 Å². The van der Waals surface area contributed by atoms with Crippen LogP contribution in [0, 0.1) is 0 Å². The van der Waals surface area contributed by atoms with Crippen LogP contribution in [0.2, 0.25) is 0 Å². The SMILES string of the molecule is c1ccc([Si]2(c3cccc(-c4nc5ccccc5s4)c3)c3ccccc3-c3nc4ccccc4n32)cc1. The van der Waals surface area contributed by atoms with E-state index in [0.29, 0.717) is 0 Å². The Hall–Kier alpha value is -4.32. The Bertz CT molecular complexity index is 1920.